The number of fused-ring (bicyclic) bond motifs is 9. The molecule has 2 aliphatic carbocycles. The number of hydrogen-bond acceptors (Lipinski definition) is 7. The molecule has 0 radical (unpaired) electrons. The summed E-state index contributed by atoms with van der Waals surface area (Å²) in [5.41, 5.74) is 2.96. The summed E-state index contributed by atoms with van der Waals surface area (Å²) in [6.07, 6.45) is 0.740. The highest BCUT2D eigenvalue weighted by atomic mass is 32.2. The number of para-hydroxylation sites is 1. The van der Waals surface area contributed by atoms with E-state index in [9.17, 15) is 23.6 Å². The van der Waals surface area contributed by atoms with Crippen molar-refractivity contribution in [2.75, 3.05) is 16.8 Å². The van der Waals surface area contributed by atoms with Gasteiger partial charge in [0.15, 0.2) is 6.61 Å². The number of imide groups is 1. The molecule has 1 aromatic heterocycles. The van der Waals surface area contributed by atoms with Crippen molar-refractivity contribution in [2.24, 2.45) is 29.6 Å². The molecule has 6 unspecified atom stereocenters. The first-order chi connectivity index (χ1) is 21.8. The molecule has 3 heterocycles. The maximum Gasteiger partial charge on any atom is 0.305 e. The molecular weight excluding hydrogens is 614 g/mol. The average molecular weight is 642 g/mol. The Morgan fingerprint density at radius 2 is 1.76 bits per heavy atom. The van der Waals surface area contributed by atoms with Crippen LogP contribution < -0.4 is 19.8 Å². The number of amides is 3. The number of carbonyl (C=O) groups is 3. The fraction of sp³-hybridized carbons (Fsp3) is 0.294. The van der Waals surface area contributed by atoms with Crippen molar-refractivity contribution in [3.8, 4) is 5.75 Å². The first-order valence-electron chi connectivity index (χ1n) is 14.9. The molecule has 3 aromatic carbocycles. The minimum Gasteiger partial charge on any atom is -0.483 e. The van der Waals surface area contributed by atoms with Crippen LogP contribution in [0.1, 0.15) is 28.3 Å². The lowest BCUT2D eigenvalue weighted by atomic mass is 9.68. The van der Waals surface area contributed by atoms with E-state index in [-0.39, 0.29) is 58.1 Å². The van der Waals surface area contributed by atoms with E-state index in [0.717, 1.165) is 27.5 Å². The van der Waals surface area contributed by atoms with Crippen LogP contribution in [0.2, 0.25) is 0 Å². The summed E-state index contributed by atoms with van der Waals surface area (Å²) in [6.45, 7) is 1.75. The molecule has 2 N–H and O–H groups in total. The third-order valence-electron chi connectivity index (χ3n) is 9.72. The van der Waals surface area contributed by atoms with Crippen LogP contribution in [0.15, 0.2) is 82.6 Å². The normalized spacial score (nSPS) is 27.7. The summed E-state index contributed by atoms with van der Waals surface area (Å²) >= 11 is 2.77. The van der Waals surface area contributed by atoms with Gasteiger partial charge >= 0.3 is 4.87 Å². The number of anilines is 2. The Bertz CT molecular complexity index is 1920. The number of aromatic nitrogens is 1. The molecule has 2 saturated carbocycles. The van der Waals surface area contributed by atoms with Gasteiger partial charge in [0.05, 0.1) is 22.5 Å². The Balaban J connectivity index is 1.12. The quantitative estimate of drug-likeness (QED) is 0.266. The lowest BCUT2D eigenvalue weighted by Crippen LogP contribution is -2.42. The van der Waals surface area contributed by atoms with Crippen molar-refractivity contribution in [2.45, 2.75) is 29.5 Å². The molecule has 11 heteroatoms. The van der Waals surface area contributed by atoms with Crippen LogP contribution in [0.5, 0.6) is 5.75 Å². The number of aryl methyl sites for hydroxylation is 1. The average Bonchev–Trinajstić information content (AvgIpc) is 3.76. The Labute approximate surface area is 266 Å². The molecule has 0 spiro atoms. The molecule has 8 rings (SSSR count). The van der Waals surface area contributed by atoms with E-state index in [1.54, 1.807) is 11.8 Å². The van der Waals surface area contributed by atoms with Crippen LogP contribution in [0, 0.1) is 42.3 Å². The molecule has 45 heavy (non-hydrogen) atoms. The van der Waals surface area contributed by atoms with E-state index < -0.39 is 17.7 Å². The van der Waals surface area contributed by atoms with Gasteiger partial charge in [-0.15, -0.1) is 11.8 Å². The summed E-state index contributed by atoms with van der Waals surface area (Å²) in [7, 11) is 0. The second kappa shape index (κ2) is 10.7. The van der Waals surface area contributed by atoms with Crippen LogP contribution in [-0.4, -0.2) is 34.6 Å². The molecule has 3 amide bonds. The minimum atomic E-state index is -0.484. The maximum absolute atomic E-state index is 13.9. The van der Waals surface area contributed by atoms with Crippen LogP contribution in [-0.2, 0) is 14.4 Å². The number of thioether (sulfide) groups is 1. The van der Waals surface area contributed by atoms with Crippen molar-refractivity contribution >= 4 is 52.2 Å². The molecule has 7 atom stereocenters. The maximum atomic E-state index is 13.9. The fourth-order valence-corrected chi connectivity index (χ4v) is 11.0. The summed E-state index contributed by atoms with van der Waals surface area (Å²) < 4.78 is 19.8. The van der Waals surface area contributed by atoms with E-state index in [0.29, 0.717) is 17.1 Å². The summed E-state index contributed by atoms with van der Waals surface area (Å²) in [4.78, 5) is 58.2. The van der Waals surface area contributed by atoms with Gasteiger partial charge in [-0.1, -0.05) is 41.7 Å². The van der Waals surface area contributed by atoms with Crippen molar-refractivity contribution in [3.63, 3.8) is 0 Å². The monoisotopic (exact) mass is 641 g/mol. The Hall–Kier alpha value is -4.22. The smallest absolute Gasteiger partial charge is 0.305 e. The summed E-state index contributed by atoms with van der Waals surface area (Å²) in [5.74, 6) is -2.02. The third-order valence-corrected chi connectivity index (χ3v) is 12.3. The molecule has 2 aliphatic heterocycles. The topological polar surface area (TPSA) is 109 Å². The van der Waals surface area contributed by atoms with Gasteiger partial charge in [0.2, 0.25) is 11.8 Å². The number of rotatable bonds is 6. The first kappa shape index (κ1) is 28.3. The lowest BCUT2D eigenvalue weighted by Gasteiger charge is -2.43. The molecule has 8 nitrogen and oxygen atoms in total. The zero-order valence-corrected chi connectivity index (χ0v) is 25.7. The number of nitrogens with zero attached hydrogens (tertiary/aromatic N) is 1. The van der Waals surface area contributed by atoms with Crippen LogP contribution >= 0.6 is 23.1 Å². The van der Waals surface area contributed by atoms with Gasteiger partial charge < -0.3 is 15.0 Å². The zero-order chi connectivity index (χ0) is 31.0. The molecule has 228 valence electrons. The predicted octanol–water partition coefficient (Wildman–Crippen LogP) is 5.58. The SMILES string of the molecule is Cc1cccc(NC(=O)COc2ccccc2[C@H]2c3sc(=O)[nH]c3SC3C4CC(C5C(=O)N(c6ccc(F)cc6)C(=O)C45)C32)c1. The second-order valence-electron chi connectivity index (χ2n) is 12.2. The lowest BCUT2D eigenvalue weighted by molar-refractivity contribution is -0.123. The van der Waals surface area contributed by atoms with Crippen molar-refractivity contribution in [1.82, 2.24) is 4.98 Å². The van der Waals surface area contributed by atoms with Gasteiger partial charge in [0.1, 0.15) is 11.6 Å². The van der Waals surface area contributed by atoms with Crippen LogP contribution in [0.4, 0.5) is 15.8 Å². The zero-order valence-electron chi connectivity index (χ0n) is 24.1. The third kappa shape index (κ3) is 4.54. The predicted molar refractivity (Wildman–Crippen MR) is 169 cm³/mol. The van der Waals surface area contributed by atoms with Gasteiger partial charge in [0.25, 0.3) is 5.91 Å². The molecule has 3 fully saturated rings. The number of halogens is 1. The van der Waals surface area contributed by atoms with Crippen molar-refractivity contribution < 1.29 is 23.5 Å². The number of aromatic amines is 1. The van der Waals surface area contributed by atoms with Gasteiger partial charge in [-0.05, 0) is 79.1 Å². The Kier molecular flexibility index (Phi) is 6.72. The second-order valence-corrected chi connectivity index (χ2v) is 14.4. The molecule has 4 aliphatic rings. The largest absolute Gasteiger partial charge is 0.483 e. The fourth-order valence-electron chi connectivity index (χ4n) is 8.14. The van der Waals surface area contributed by atoms with E-state index in [4.69, 9.17) is 4.74 Å². The van der Waals surface area contributed by atoms with Crippen molar-refractivity contribution in [1.29, 1.82) is 0 Å². The Morgan fingerprint density at radius 3 is 2.53 bits per heavy atom. The molecule has 4 aromatic rings. The molecule has 2 bridgehead atoms. The van der Waals surface area contributed by atoms with Gasteiger partial charge in [-0.3, -0.25) is 24.1 Å². The number of benzene rings is 3. The van der Waals surface area contributed by atoms with Gasteiger partial charge in [0, 0.05) is 27.3 Å². The number of carbonyl (C=O) groups excluding carboxylic acids is 3. The molecule has 1 saturated heterocycles. The summed E-state index contributed by atoms with van der Waals surface area (Å²) in [6, 6.07) is 20.6. The number of hydrogen-bond donors (Lipinski definition) is 2. The minimum absolute atomic E-state index is 0.00147. The number of thiazole rings is 1. The Morgan fingerprint density at radius 1 is 1.00 bits per heavy atom. The summed E-state index contributed by atoms with van der Waals surface area (Å²) in [5, 5.41) is 3.67. The number of nitrogens with one attached hydrogen (secondary N) is 2. The highest BCUT2D eigenvalue weighted by Crippen LogP contribution is 2.69. The highest BCUT2D eigenvalue weighted by Gasteiger charge is 2.69. The van der Waals surface area contributed by atoms with Crippen LogP contribution in [0.25, 0.3) is 0 Å². The van der Waals surface area contributed by atoms with Gasteiger partial charge in [-0.25, -0.2) is 4.39 Å². The standard InChI is InChI=1S/C34H28FN3O5S2/c1-16-5-4-6-18(13-16)36-24(39)15-43-23-8-3-2-7-20(23)25-26-21-14-22(29(26)44-31-30(25)45-34(42)37-31)28-27(21)32(40)38(33(28)41)19-11-9-17(35)10-12-19/h2-13,21-22,25-29H,14-15H2,1H3,(H,36,39)(H,37,42)/t21?,22?,25-,26?,27?,28?,29?/m1/s1. The van der Waals surface area contributed by atoms with Crippen molar-refractivity contribution in [3.05, 3.63) is 104 Å². The number of ether oxygens (including phenoxy) is 1. The van der Waals surface area contributed by atoms with E-state index in [2.05, 4.69) is 10.3 Å². The van der Waals surface area contributed by atoms with Gasteiger partial charge in [-0.2, -0.15) is 0 Å². The number of H-pyrrole nitrogens is 1. The first-order valence-corrected chi connectivity index (χ1v) is 16.6. The van der Waals surface area contributed by atoms with E-state index in [1.807, 2.05) is 55.5 Å². The molecular formula is C34H28FN3O5S2. The van der Waals surface area contributed by atoms with Crippen LogP contribution in [0.3, 0.4) is 0 Å². The van der Waals surface area contributed by atoms with E-state index >= 15 is 0 Å². The highest BCUT2D eigenvalue weighted by molar-refractivity contribution is 8.00. The van der Waals surface area contributed by atoms with E-state index in [1.165, 1.54) is 40.5 Å².